The molecule has 0 aliphatic heterocycles. The third kappa shape index (κ3) is 4.44. The highest BCUT2D eigenvalue weighted by Crippen LogP contribution is 2.22. The number of ether oxygens (including phenoxy) is 1. The highest BCUT2D eigenvalue weighted by Gasteiger charge is 2.17. The summed E-state index contributed by atoms with van der Waals surface area (Å²) in [7, 11) is 1.63. The zero-order valence-corrected chi connectivity index (χ0v) is 14.1. The molecule has 3 aromatic rings. The van der Waals surface area contributed by atoms with Crippen molar-refractivity contribution in [3.05, 3.63) is 90.3 Å². The van der Waals surface area contributed by atoms with Gasteiger partial charge < -0.3 is 9.64 Å². The number of benzene rings is 2. The standard InChI is InChI=1S/C21H20N2O2/c1-25-20-11-9-19(10-12-20)23(16-18-8-5-13-22-15-18)21(24)14-17-6-3-2-4-7-17/h2-13,15H,14,16H2,1H3. The Morgan fingerprint density at radius 3 is 2.32 bits per heavy atom. The summed E-state index contributed by atoms with van der Waals surface area (Å²) in [6.45, 7) is 0.478. The summed E-state index contributed by atoms with van der Waals surface area (Å²) >= 11 is 0. The van der Waals surface area contributed by atoms with Crippen molar-refractivity contribution in [1.29, 1.82) is 0 Å². The molecule has 0 saturated carbocycles. The monoisotopic (exact) mass is 332 g/mol. The summed E-state index contributed by atoms with van der Waals surface area (Å²) in [5.74, 6) is 0.806. The van der Waals surface area contributed by atoms with E-state index in [1.165, 1.54) is 0 Å². The maximum Gasteiger partial charge on any atom is 0.231 e. The summed E-state index contributed by atoms with van der Waals surface area (Å²) < 4.78 is 5.21. The van der Waals surface area contributed by atoms with Crippen LogP contribution in [0.3, 0.4) is 0 Å². The second-order valence-corrected chi connectivity index (χ2v) is 5.70. The molecule has 0 N–H and O–H groups in total. The second kappa shape index (κ2) is 8.11. The molecule has 1 amide bonds. The van der Waals surface area contributed by atoms with Crippen LogP contribution in [-0.4, -0.2) is 18.0 Å². The van der Waals surface area contributed by atoms with Crippen LogP contribution in [0.15, 0.2) is 79.1 Å². The number of rotatable bonds is 6. The molecule has 25 heavy (non-hydrogen) atoms. The van der Waals surface area contributed by atoms with Gasteiger partial charge in [-0.15, -0.1) is 0 Å². The van der Waals surface area contributed by atoms with Crippen LogP contribution in [0, 0.1) is 0 Å². The van der Waals surface area contributed by atoms with Crippen LogP contribution < -0.4 is 9.64 Å². The maximum absolute atomic E-state index is 12.9. The molecule has 2 aromatic carbocycles. The van der Waals surface area contributed by atoms with Crippen molar-refractivity contribution in [2.24, 2.45) is 0 Å². The van der Waals surface area contributed by atoms with Gasteiger partial charge in [-0.3, -0.25) is 9.78 Å². The van der Waals surface area contributed by atoms with Gasteiger partial charge >= 0.3 is 0 Å². The van der Waals surface area contributed by atoms with Crippen molar-refractivity contribution in [3.63, 3.8) is 0 Å². The van der Waals surface area contributed by atoms with Gasteiger partial charge in [0.05, 0.1) is 20.1 Å². The zero-order valence-electron chi connectivity index (χ0n) is 14.1. The number of hydrogen-bond acceptors (Lipinski definition) is 3. The van der Waals surface area contributed by atoms with Gasteiger partial charge in [0.15, 0.2) is 0 Å². The van der Waals surface area contributed by atoms with E-state index >= 15 is 0 Å². The van der Waals surface area contributed by atoms with E-state index < -0.39 is 0 Å². The molecule has 1 heterocycles. The fourth-order valence-corrected chi connectivity index (χ4v) is 2.63. The van der Waals surface area contributed by atoms with Gasteiger partial charge in [-0.2, -0.15) is 0 Å². The molecular weight excluding hydrogens is 312 g/mol. The van der Waals surface area contributed by atoms with Gasteiger partial charge in [-0.05, 0) is 41.5 Å². The average Bonchev–Trinajstić information content (AvgIpc) is 2.68. The van der Waals surface area contributed by atoms with Crippen molar-refractivity contribution in [2.45, 2.75) is 13.0 Å². The Bertz CT molecular complexity index is 802. The van der Waals surface area contributed by atoms with E-state index in [1.54, 1.807) is 24.4 Å². The highest BCUT2D eigenvalue weighted by molar-refractivity contribution is 5.94. The van der Waals surface area contributed by atoms with E-state index in [9.17, 15) is 4.79 Å². The van der Waals surface area contributed by atoms with Crippen molar-refractivity contribution in [2.75, 3.05) is 12.0 Å². The van der Waals surface area contributed by atoms with Crippen molar-refractivity contribution >= 4 is 11.6 Å². The minimum absolute atomic E-state index is 0.0419. The lowest BCUT2D eigenvalue weighted by molar-refractivity contribution is -0.118. The van der Waals surface area contributed by atoms with Crippen LogP contribution in [-0.2, 0) is 17.8 Å². The van der Waals surface area contributed by atoms with E-state index in [4.69, 9.17) is 4.74 Å². The minimum atomic E-state index is 0.0419. The molecule has 0 bridgehead atoms. The number of aromatic nitrogens is 1. The number of anilines is 1. The molecule has 0 aliphatic carbocycles. The van der Waals surface area contributed by atoms with Gasteiger partial charge in [0.1, 0.15) is 5.75 Å². The van der Waals surface area contributed by atoms with E-state index in [2.05, 4.69) is 4.98 Å². The molecule has 0 fully saturated rings. The number of pyridine rings is 1. The van der Waals surface area contributed by atoms with Crippen LogP contribution >= 0.6 is 0 Å². The molecule has 0 aliphatic rings. The Morgan fingerprint density at radius 1 is 0.960 bits per heavy atom. The third-order valence-corrected chi connectivity index (χ3v) is 3.95. The fraction of sp³-hybridized carbons (Fsp3) is 0.143. The number of hydrogen-bond donors (Lipinski definition) is 0. The van der Waals surface area contributed by atoms with E-state index in [-0.39, 0.29) is 5.91 Å². The highest BCUT2D eigenvalue weighted by atomic mass is 16.5. The molecule has 0 spiro atoms. The lowest BCUT2D eigenvalue weighted by Crippen LogP contribution is -2.31. The largest absolute Gasteiger partial charge is 0.497 e. The van der Waals surface area contributed by atoms with Crippen molar-refractivity contribution < 1.29 is 9.53 Å². The molecule has 0 saturated heterocycles. The summed E-state index contributed by atoms with van der Waals surface area (Å²) in [6, 6.07) is 21.2. The van der Waals surface area contributed by atoms with Gasteiger partial charge in [-0.25, -0.2) is 0 Å². The average molecular weight is 332 g/mol. The summed E-state index contributed by atoms with van der Waals surface area (Å²) in [4.78, 5) is 18.9. The molecule has 3 rings (SSSR count). The number of carbonyl (C=O) groups is 1. The van der Waals surface area contributed by atoms with Crippen molar-refractivity contribution in [3.8, 4) is 5.75 Å². The molecule has 126 valence electrons. The van der Waals surface area contributed by atoms with Crippen LogP contribution in [0.2, 0.25) is 0 Å². The van der Waals surface area contributed by atoms with Crippen molar-refractivity contribution in [1.82, 2.24) is 4.98 Å². The maximum atomic E-state index is 12.9. The fourth-order valence-electron chi connectivity index (χ4n) is 2.63. The Kier molecular flexibility index (Phi) is 5.42. The Balaban J connectivity index is 1.86. The Morgan fingerprint density at radius 2 is 1.68 bits per heavy atom. The third-order valence-electron chi connectivity index (χ3n) is 3.95. The van der Waals surface area contributed by atoms with Crippen LogP contribution in [0.25, 0.3) is 0 Å². The molecule has 0 radical (unpaired) electrons. The van der Waals surface area contributed by atoms with Gasteiger partial charge in [0, 0.05) is 18.1 Å². The van der Waals surface area contributed by atoms with Gasteiger partial charge in [0.2, 0.25) is 5.91 Å². The van der Waals surface area contributed by atoms with Crippen LogP contribution in [0.4, 0.5) is 5.69 Å². The normalized spacial score (nSPS) is 10.3. The van der Waals surface area contributed by atoms with Crippen LogP contribution in [0.5, 0.6) is 5.75 Å². The SMILES string of the molecule is COc1ccc(N(Cc2cccnc2)C(=O)Cc2ccccc2)cc1. The molecular formula is C21H20N2O2. The first-order valence-corrected chi connectivity index (χ1v) is 8.13. The number of amides is 1. The van der Waals surface area contributed by atoms with E-state index in [0.29, 0.717) is 13.0 Å². The quantitative estimate of drug-likeness (QED) is 0.688. The first kappa shape index (κ1) is 16.7. The minimum Gasteiger partial charge on any atom is -0.497 e. The molecule has 1 aromatic heterocycles. The lowest BCUT2D eigenvalue weighted by atomic mass is 10.1. The predicted octanol–water partition coefficient (Wildman–Crippen LogP) is 3.87. The smallest absolute Gasteiger partial charge is 0.231 e. The first-order chi connectivity index (χ1) is 12.3. The summed E-state index contributed by atoms with van der Waals surface area (Å²) in [5.41, 5.74) is 2.82. The second-order valence-electron chi connectivity index (χ2n) is 5.70. The first-order valence-electron chi connectivity index (χ1n) is 8.13. The predicted molar refractivity (Wildman–Crippen MR) is 98.6 cm³/mol. The zero-order chi connectivity index (χ0) is 17.5. The topological polar surface area (TPSA) is 42.4 Å². The summed E-state index contributed by atoms with van der Waals surface area (Å²) in [5, 5.41) is 0. The van der Waals surface area contributed by atoms with Gasteiger partial charge in [-0.1, -0.05) is 36.4 Å². The Hall–Kier alpha value is -3.14. The molecule has 4 heteroatoms. The molecule has 4 nitrogen and oxygen atoms in total. The number of methoxy groups -OCH3 is 1. The van der Waals surface area contributed by atoms with E-state index in [1.807, 2.05) is 66.7 Å². The number of carbonyl (C=O) groups excluding carboxylic acids is 1. The number of nitrogens with zero attached hydrogens (tertiary/aromatic N) is 2. The Labute approximate surface area is 147 Å². The lowest BCUT2D eigenvalue weighted by Gasteiger charge is -2.23. The summed E-state index contributed by atoms with van der Waals surface area (Å²) in [6.07, 6.45) is 3.87. The van der Waals surface area contributed by atoms with E-state index in [0.717, 1.165) is 22.6 Å². The molecule has 0 unspecified atom stereocenters. The van der Waals surface area contributed by atoms with Crippen LogP contribution in [0.1, 0.15) is 11.1 Å². The molecule has 0 atom stereocenters. The van der Waals surface area contributed by atoms with Gasteiger partial charge in [0.25, 0.3) is 0 Å².